The van der Waals surface area contributed by atoms with E-state index in [-0.39, 0.29) is 12.6 Å². The fourth-order valence-electron chi connectivity index (χ4n) is 1.56. The van der Waals surface area contributed by atoms with Crippen LogP contribution in [0, 0.1) is 6.92 Å². The van der Waals surface area contributed by atoms with Gasteiger partial charge in [0.1, 0.15) is 18.9 Å². The summed E-state index contributed by atoms with van der Waals surface area (Å²) in [7, 11) is 0. The lowest BCUT2D eigenvalue weighted by Crippen LogP contribution is -2.32. The van der Waals surface area contributed by atoms with Gasteiger partial charge < -0.3 is 15.2 Å². The molecular weight excluding hydrogens is 282 g/mol. The van der Waals surface area contributed by atoms with Crippen LogP contribution in [0.15, 0.2) is 18.3 Å². The highest BCUT2D eigenvalue weighted by molar-refractivity contribution is 7.12. The van der Waals surface area contributed by atoms with E-state index in [1.54, 1.807) is 17.5 Å². The van der Waals surface area contributed by atoms with Crippen molar-refractivity contribution in [1.29, 1.82) is 0 Å². The monoisotopic (exact) mass is 299 g/mol. The Kier molecular flexibility index (Phi) is 5.26. The molecule has 0 aromatic carbocycles. The first-order valence-corrected chi connectivity index (χ1v) is 7.58. The Morgan fingerprint density at radius 2 is 2.32 bits per heavy atom. The Labute approximate surface area is 120 Å². The van der Waals surface area contributed by atoms with Crippen LogP contribution in [0.2, 0.25) is 0 Å². The summed E-state index contributed by atoms with van der Waals surface area (Å²) in [4.78, 5) is 2.57. The molecule has 2 heterocycles. The molecule has 0 saturated carbocycles. The first kappa shape index (κ1) is 14.4. The third kappa shape index (κ3) is 4.54. The molecule has 2 atom stereocenters. The zero-order chi connectivity index (χ0) is 13.7. The normalized spacial score (nSPS) is 14.3. The topological polar surface area (TPSA) is 67.3 Å². The van der Waals surface area contributed by atoms with Gasteiger partial charge in [0.15, 0.2) is 0 Å². The molecule has 0 radical (unpaired) electrons. The van der Waals surface area contributed by atoms with Gasteiger partial charge in [-0.2, -0.15) is 4.37 Å². The van der Waals surface area contributed by atoms with E-state index in [0.717, 1.165) is 11.7 Å². The zero-order valence-corrected chi connectivity index (χ0v) is 12.5. The lowest BCUT2D eigenvalue weighted by molar-refractivity contribution is 0.102. The molecule has 0 amide bonds. The molecular formula is C12H17N3O2S2. The van der Waals surface area contributed by atoms with Gasteiger partial charge in [0.2, 0.25) is 5.88 Å². The van der Waals surface area contributed by atoms with Crippen LogP contribution in [-0.4, -0.2) is 33.1 Å². The van der Waals surface area contributed by atoms with Crippen molar-refractivity contribution in [2.45, 2.75) is 26.0 Å². The van der Waals surface area contributed by atoms with Gasteiger partial charge in [0.25, 0.3) is 0 Å². The molecule has 0 aliphatic heterocycles. The van der Waals surface area contributed by atoms with Crippen LogP contribution in [0.4, 0.5) is 0 Å². The molecule has 2 N–H and O–H groups in total. The quantitative estimate of drug-likeness (QED) is 0.818. The van der Waals surface area contributed by atoms with Gasteiger partial charge in [-0.1, -0.05) is 0 Å². The highest BCUT2D eigenvalue weighted by Gasteiger charge is 2.11. The van der Waals surface area contributed by atoms with Gasteiger partial charge in [0, 0.05) is 22.3 Å². The molecule has 5 nitrogen and oxygen atoms in total. The number of hydrogen-bond acceptors (Lipinski definition) is 7. The minimum absolute atomic E-state index is 0.217. The minimum Gasteiger partial charge on any atom is -0.473 e. The predicted molar refractivity (Wildman–Crippen MR) is 76.9 cm³/mol. The number of aromatic nitrogens is 2. The maximum Gasteiger partial charge on any atom is 0.245 e. The molecule has 2 aromatic rings. The van der Waals surface area contributed by atoms with Crippen molar-refractivity contribution in [3.63, 3.8) is 0 Å². The predicted octanol–water partition coefficient (Wildman–Crippen LogP) is 2.00. The van der Waals surface area contributed by atoms with Crippen molar-refractivity contribution in [3.05, 3.63) is 28.1 Å². The molecule has 7 heteroatoms. The summed E-state index contributed by atoms with van der Waals surface area (Å²) in [6.07, 6.45) is 0.979. The largest absolute Gasteiger partial charge is 0.473 e. The van der Waals surface area contributed by atoms with Crippen LogP contribution in [0.25, 0.3) is 0 Å². The van der Waals surface area contributed by atoms with Crippen molar-refractivity contribution in [2.24, 2.45) is 0 Å². The van der Waals surface area contributed by atoms with Gasteiger partial charge in [-0.05, 0) is 26.0 Å². The molecule has 0 bridgehead atoms. The van der Waals surface area contributed by atoms with Crippen molar-refractivity contribution < 1.29 is 9.84 Å². The number of thiophene rings is 1. The number of aliphatic hydroxyl groups is 1. The number of nitrogens with one attached hydrogen (secondary N) is 1. The molecule has 19 heavy (non-hydrogen) atoms. The van der Waals surface area contributed by atoms with E-state index >= 15 is 0 Å². The van der Waals surface area contributed by atoms with Crippen LogP contribution in [0.1, 0.15) is 22.7 Å². The fraction of sp³-hybridized carbons (Fsp3) is 0.500. The molecule has 2 unspecified atom stereocenters. The Balaban J connectivity index is 1.69. The van der Waals surface area contributed by atoms with Gasteiger partial charge in [-0.3, -0.25) is 0 Å². The lowest BCUT2D eigenvalue weighted by Gasteiger charge is -2.16. The number of ether oxygens (including phenoxy) is 1. The molecule has 0 fully saturated rings. The summed E-state index contributed by atoms with van der Waals surface area (Å²) in [6, 6.07) is 4.45. The molecule has 0 aliphatic rings. The van der Waals surface area contributed by atoms with Crippen LogP contribution in [0.5, 0.6) is 5.88 Å². The zero-order valence-electron chi connectivity index (χ0n) is 10.9. The third-order valence-electron chi connectivity index (χ3n) is 2.61. The Morgan fingerprint density at radius 1 is 1.47 bits per heavy atom. The average Bonchev–Trinajstić information content (AvgIpc) is 3.04. The van der Waals surface area contributed by atoms with Crippen LogP contribution >= 0.6 is 23.1 Å². The molecule has 0 aliphatic carbocycles. The number of hydrogen-bond donors (Lipinski definition) is 2. The lowest BCUT2D eigenvalue weighted by atomic mass is 10.2. The second kappa shape index (κ2) is 6.95. The molecule has 2 aromatic heterocycles. The standard InChI is InChI=1S/C12H17N3O2S2/c1-8-3-4-11(18-8)9(2)13-5-10(16)7-17-12-6-14-19-15-12/h3-4,6,9-10,13,16H,5,7H2,1-2H3. The molecule has 104 valence electrons. The van der Waals surface area contributed by atoms with Crippen LogP contribution < -0.4 is 10.1 Å². The van der Waals surface area contributed by atoms with Crippen molar-refractivity contribution in [2.75, 3.05) is 13.2 Å². The Morgan fingerprint density at radius 3 is 2.95 bits per heavy atom. The molecule has 0 spiro atoms. The molecule has 0 saturated heterocycles. The average molecular weight is 299 g/mol. The van der Waals surface area contributed by atoms with Crippen molar-refractivity contribution in [1.82, 2.24) is 14.1 Å². The summed E-state index contributed by atoms with van der Waals surface area (Å²) in [5.74, 6) is 0.464. The molecule has 2 rings (SSSR count). The van der Waals surface area contributed by atoms with E-state index in [1.165, 1.54) is 9.75 Å². The first-order chi connectivity index (χ1) is 9.15. The van der Waals surface area contributed by atoms with Crippen molar-refractivity contribution in [3.8, 4) is 5.88 Å². The van der Waals surface area contributed by atoms with E-state index in [9.17, 15) is 5.11 Å². The van der Waals surface area contributed by atoms with E-state index in [4.69, 9.17) is 4.74 Å². The summed E-state index contributed by atoms with van der Waals surface area (Å²) in [5, 5.41) is 13.1. The van der Waals surface area contributed by atoms with E-state index in [1.807, 2.05) is 0 Å². The maximum atomic E-state index is 9.82. The highest BCUT2D eigenvalue weighted by Crippen LogP contribution is 2.22. The summed E-state index contributed by atoms with van der Waals surface area (Å²) >= 11 is 2.85. The van der Waals surface area contributed by atoms with E-state index in [2.05, 4.69) is 40.0 Å². The maximum absolute atomic E-state index is 9.82. The van der Waals surface area contributed by atoms with Crippen molar-refractivity contribution >= 4 is 23.1 Å². The van der Waals surface area contributed by atoms with E-state index < -0.39 is 6.10 Å². The van der Waals surface area contributed by atoms with Gasteiger partial charge >= 0.3 is 0 Å². The Bertz CT molecular complexity index is 487. The smallest absolute Gasteiger partial charge is 0.245 e. The van der Waals surface area contributed by atoms with Crippen LogP contribution in [-0.2, 0) is 0 Å². The van der Waals surface area contributed by atoms with E-state index in [0.29, 0.717) is 12.4 Å². The van der Waals surface area contributed by atoms with Gasteiger partial charge in [-0.25, -0.2) is 0 Å². The third-order valence-corrected chi connectivity index (χ3v) is 4.26. The van der Waals surface area contributed by atoms with Gasteiger partial charge in [0.05, 0.1) is 11.7 Å². The second-order valence-electron chi connectivity index (χ2n) is 4.29. The number of aryl methyl sites for hydroxylation is 1. The highest BCUT2D eigenvalue weighted by atomic mass is 32.1. The SMILES string of the molecule is Cc1ccc(C(C)NCC(O)COc2cnsn2)s1. The summed E-state index contributed by atoms with van der Waals surface area (Å²) in [5.41, 5.74) is 0. The van der Waals surface area contributed by atoms with Gasteiger partial charge in [-0.15, -0.1) is 15.7 Å². The fourth-order valence-corrected chi connectivity index (χ4v) is 2.83. The minimum atomic E-state index is -0.565. The number of rotatable bonds is 7. The number of nitrogens with zero attached hydrogens (tertiary/aromatic N) is 2. The number of aliphatic hydroxyl groups excluding tert-OH is 1. The van der Waals surface area contributed by atoms with Crippen LogP contribution in [0.3, 0.4) is 0 Å². The second-order valence-corrected chi connectivity index (χ2v) is 6.17. The summed E-state index contributed by atoms with van der Waals surface area (Å²) < 4.78 is 13.0. The summed E-state index contributed by atoms with van der Waals surface area (Å²) in [6.45, 7) is 4.87. The Hall–Kier alpha value is -1.02. The first-order valence-electron chi connectivity index (χ1n) is 6.03.